The van der Waals surface area contributed by atoms with Crippen LogP contribution in [0.4, 0.5) is 15.8 Å². The van der Waals surface area contributed by atoms with Crippen molar-refractivity contribution in [2.45, 2.75) is 5.92 Å². The molecule has 9 nitrogen and oxygen atoms in total. The second-order valence-electron chi connectivity index (χ2n) is 8.31. The van der Waals surface area contributed by atoms with Crippen LogP contribution in [0.1, 0.15) is 21.8 Å². The molecule has 0 radical (unpaired) electrons. The summed E-state index contributed by atoms with van der Waals surface area (Å²) in [5.74, 6) is -4.14. The van der Waals surface area contributed by atoms with Crippen LogP contribution in [0, 0.1) is 17.1 Å². The van der Waals surface area contributed by atoms with Gasteiger partial charge in [0.15, 0.2) is 0 Å². The average molecular weight is 527 g/mol. The number of ether oxygens (including phenoxy) is 2. The molecule has 0 saturated carbocycles. The molecule has 3 aromatic carbocycles. The van der Waals surface area contributed by atoms with E-state index in [9.17, 15) is 24.0 Å². The summed E-state index contributed by atoms with van der Waals surface area (Å²) in [5, 5.41) is 12.9. The predicted molar refractivity (Wildman–Crippen MR) is 140 cm³/mol. The monoisotopic (exact) mass is 526 g/mol. The molecule has 1 aliphatic rings. The van der Waals surface area contributed by atoms with Crippen LogP contribution in [-0.4, -0.2) is 32.1 Å². The lowest BCUT2D eigenvalue weighted by Crippen LogP contribution is -2.41. The van der Waals surface area contributed by atoms with Crippen molar-refractivity contribution in [1.82, 2.24) is 0 Å². The van der Waals surface area contributed by atoms with Gasteiger partial charge in [-0.3, -0.25) is 9.69 Å². The first kappa shape index (κ1) is 26.6. The molecule has 1 atom stereocenters. The molecule has 0 fully saturated rings. The number of halogens is 1. The molecule has 10 heteroatoms. The SMILES string of the molecule is COC(=O)C1=C(C(=O)OC)N(c2ccccc2C(=O)Nc2ccc(F)cc2)C(N)=C(C#N)C1c1ccccc1. The molecule has 196 valence electrons. The van der Waals surface area contributed by atoms with Crippen LogP contribution < -0.4 is 16.0 Å². The fourth-order valence-corrected chi connectivity index (χ4v) is 4.36. The van der Waals surface area contributed by atoms with E-state index in [4.69, 9.17) is 15.2 Å². The van der Waals surface area contributed by atoms with E-state index in [0.29, 0.717) is 11.3 Å². The molecule has 0 bridgehead atoms. The highest BCUT2D eigenvalue weighted by atomic mass is 19.1. The van der Waals surface area contributed by atoms with Crippen LogP contribution in [0.25, 0.3) is 0 Å². The van der Waals surface area contributed by atoms with E-state index < -0.39 is 29.6 Å². The Morgan fingerprint density at radius 3 is 2.15 bits per heavy atom. The summed E-state index contributed by atoms with van der Waals surface area (Å²) in [6.45, 7) is 0. The van der Waals surface area contributed by atoms with Crippen molar-refractivity contribution in [3.63, 3.8) is 0 Å². The van der Waals surface area contributed by atoms with Gasteiger partial charge in [0.25, 0.3) is 5.91 Å². The molecule has 1 aliphatic heterocycles. The topological polar surface area (TPSA) is 135 Å². The van der Waals surface area contributed by atoms with Gasteiger partial charge in [0.1, 0.15) is 17.3 Å². The number of carbonyl (C=O) groups is 3. The van der Waals surface area contributed by atoms with E-state index in [0.717, 1.165) is 19.1 Å². The molecule has 0 spiro atoms. The van der Waals surface area contributed by atoms with Crippen molar-refractivity contribution in [2.24, 2.45) is 5.73 Å². The Morgan fingerprint density at radius 2 is 1.54 bits per heavy atom. The Hall–Kier alpha value is -5.43. The molecular formula is C29H23FN4O5. The summed E-state index contributed by atoms with van der Waals surface area (Å²) < 4.78 is 23.4. The molecule has 39 heavy (non-hydrogen) atoms. The summed E-state index contributed by atoms with van der Waals surface area (Å²) in [4.78, 5) is 41.0. The van der Waals surface area contributed by atoms with Gasteiger partial charge in [-0.25, -0.2) is 14.0 Å². The zero-order valence-electron chi connectivity index (χ0n) is 21.0. The number of anilines is 2. The largest absolute Gasteiger partial charge is 0.466 e. The molecule has 0 saturated heterocycles. The average Bonchev–Trinajstić information content (AvgIpc) is 2.97. The maximum absolute atomic E-state index is 13.4. The maximum atomic E-state index is 13.4. The Balaban J connectivity index is 1.97. The van der Waals surface area contributed by atoms with Crippen molar-refractivity contribution in [1.29, 1.82) is 5.26 Å². The first-order chi connectivity index (χ1) is 18.8. The zero-order chi connectivity index (χ0) is 28.1. The lowest BCUT2D eigenvalue weighted by molar-refractivity contribution is -0.139. The van der Waals surface area contributed by atoms with Crippen LogP contribution in [0.15, 0.2) is 102 Å². The summed E-state index contributed by atoms with van der Waals surface area (Å²) in [5.41, 5.74) is 6.98. The number of amides is 1. The first-order valence-corrected chi connectivity index (χ1v) is 11.6. The molecule has 3 N–H and O–H groups in total. The number of methoxy groups -OCH3 is 2. The molecule has 0 aromatic heterocycles. The van der Waals surface area contributed by atoms with Gasteiger partial charge < -0.3 is 20.5 Å². The number of hydrogen-bond donors (Lipinski definition) is 2. The van der Waals surface area contributed by atoms with Gasteiger partial charge in [0, 0.05) is 5.69 Å². The quantitative estimate of drug-likeness (QED) is 0.461. The number of nitrogens with two attached hydrogens (primary N) is 1. The Morgan fingerprint density at radius 1 is 0.923 bits per heavy atom. The van der Waals surface area contributed by atoms with E-state index in [1.165, 1.54) is 36.4 Å². The molecule has 3 aromatic rings. The van der Waals surface area contributed by atoms with E-state index in [2.05, 4.69) is 11.4 Å². The van der Waals surface area contributed by atoms with Crippen molar-refractivity contribution >= 4 is 29.2 Å². The highest BCUT2D eigenvalue weighted by Crippen LogP contribution is 2.43. The highest BCUT2D eigenvalue weighted by Gasteiger charge is 2.43. The standard InChI is InChI=1S/C29H23FN4O5/c1-38-28(36)24-23(17-8-4-3-5-9-17)21(16-31)26(32)34(25(24)29(37)39-2)22-11-7-6-10-20(22)27(35)33-19-14-12-18(30)13-15-19/h3-15,23H,32H2,1-2H3,(H,33,35). The van der Waals surface area contributed by atoms with Crippen LogP contribution in [-0.2, 0) is 19.1 Å². The second-order valence-corrected chi connectivity index (χ2v) is 8.31. The Labute approximate surface area is 223 Å². The van der Waals surface area contributed by atoms with Crippen molar-refractivity contribution in [3.05, 3.63) is 118 Å². The predicted octanol–water partition coefficient (Wildman–Crippen LogP) is 3.98. The molecule has 4 rings (SSSR count). The number of nitrogens with one attached hydrogen (secondary N) is 1. The van der Waals surface area contributed by atoms with Crippen LogP contribution in [0.5, 0.6) is 0 Å². The van der Waals surface area contributed by atoms with Crippen molar-refractivity contribution in [2.75, 3.05) is 24.4 Å². The number of para-hydroxylation sites is 1. The molecule has 1 amide bonds. The first-order valence-electron chi connectivity index (χ1n) is 11.6. The molecule has 0 aliphatic carbocycles. The Kier molecular flexibility index (Phi) is 7.72. The third-order valence-electron chi connectivity index (χ3n) is 6.10. The van der Waals surface area contributed by atoms with Gasteiger partial charge in [-0.1, -0.05) is 42.5 Å². The third-order valence-corrected chi connectivity index (χ3v) is 6.10. The minimum absolute atomic E-state index is 0.0389. The van der Waals surface area contributed by atoms with E-state index in [-0.39, 0.29) is 33.9 Å². The summed E-state index contributed by atoms with van der Waals surface area (Å²) >= 11 is 0. The summed E-state index contributed by atoms with van der Waals surface area (Å²) in [6.07, 6.45) is 0. The van der Waals surface area contributed by atoms with Gasteiger partial charge in [-0.15, -0.1) is 0 Å². The van der Waals surface area contributed by atoms with E-state index >= 15 is 0 Å². The summed E-state index contributed by atoms with van der Waals surface area (Å²) in [7, 11) is 2.28. The number of esters is 2. The van der Waals surface area contributed by atoms with Crippen LogP contribution in [0.2, 0.25) is 0 Å². The summed E-state index contributed by atoms with van der Waals surface area (Å²) in [6, 6.07) is 22.0. The van der Waals surface area contributed by atoms with Gasteiger partial charge in [-0.05, 0) is 42.0 Å². The second kappa shape index (κ2) is 11.3. The normalized spacial score (nSPS) is 14.9. The number of benzene rings is 3. The number of carbonyl (C=O) groups excluding carboxylic acids is 3. The number of hydrogen-bond acceptors (Lipinski definition) is 8. The van der Waals surface area contributed by atoms with Crippen molar-refractivity contribution < 1.29 is 28.2 Å². The van der Waals surface area contributed by atoms with Crippen LogP contribution >= 0.6 is 0 Å². The van der Waals surface area contributed by atoms with E-state index in [1.807, 2.05) is 0 Å². The number of allylic oxidation sites excluding steroid dienone is 1. The van der Waals surface area contributed by atoms with Gasteiger partial charge in [0.2, 0.25) is 0 Å². The zero-order valence-corrected chi connectivity index (χ0v) is 21.0. The van der Waals surface area contributed by atoms with Crippen LogP contribution in [0.3, 0.4) is 0 Å². The molecule has 1 unspecified atom stereocenters. The van der Waals surface area contributed by atoms with E-state index in [1.54, 1.807) is 42.5 Å². The fourth-order valence-electron chi connectivity index (χ4n) is 4.36. The Bertz CT molecular complexity index is 1540. The number of nitrogens with zero attached hydrogens (tertiary/aromatic N) is 2. The van der Waals surface area contributed by atoms with Gasteiger partial charge >= 0.3 is 11.9 Å². The minimum atomic E-state index is -1.05. The number of nitriles is 1. The lowest BCUT2D eigenvalue weighted by Gasteiger charge is -2.36. The smallest absolute Gasteiger partial charge is 0.355 e. The molecule has 1 heterocycles. The lowest BCUT2D eigenvalue weighted by atomic mass is 9.80. The maximum Gasteiger partial charge on any atom is 0.355 e. The molecular weight excluding hydrogens is 503 g/mol. The highest BCUT2D eigenvalue weighted by molar-refractivity contribution is 6.11. The number of rotatable bonds is 6. The minimum Gasteiger partial charge on any atom is -0.466 e. The van der Waals surface area contributed by atoms with Crippen molar-refractivity contribution in [3.8, 4) is 6.07 Å². The third kappa shape index (κ3) is 5.06. The van der Waals surface area contributed by atoms with Gasteiger partial charge in [0.05, 0.1) is 48.6 Å². The fraction of sp³-hybridized carbons (Fsp3) is 0.103. The van der Waals surface area contributed by atoms with Gasteiger partial charge in [-0.2, -0.15) is 5.26 Å².